The SMILES string of the molecule is CCCCCCCCCCCCCCCCOc1cc2nc3c4cc(C(C)(C)C)cc5c6nc7nc(C#N)c(C#N)nc7nc6c6cc(C(C)(C)C)cc(c3nc2cc1OCCCCCCCCCCCCCCCC)c6c45. The van der Waals surface area contributed by atoms with E-state index >= 15 is 0 Å². The van der Waals surface area contributed by atoms with Crippen LogP contribution in [0.3, 0.4) is 0 Å². The number of fused-ring (bicyclic) bond motifs is 8. The molecule has 0 amide bonds. The van der Waals surface area contributed by atoms with Gasteiger partial charge in [0.05, 0.1) is 46.3 Å². The van der Waals surface area contributed by atoms with Crippen molar-refractivity contribution in [1.29, 1.82) is 10.5 Å². The molecular weight excluding hydrogens is 961 g/mol. The molecule has 10 nitrogen and oxygen atoms in total. The first-order chi connectivity index (χ1) is 37.8. The highest BCUT2D eigenvalue weighted by Gasteiger charge is 2.27. The largest absolute Gasteiger partial charge is 0.490 e. The molecule has 0 aliphatic heterocycles. The first-order valence-electron chi connectivity index (χ1n) is 30.7. The minimum atomic E-state index is -0.236. The number of nitrogens with zero attached hydrogens (tertiary/aromatic N) is 8. The topological polar surface area (TPSA) is 143 Å². The molecular formula is C68H90N8O2. The molecule has 0 aliphatic carbocycles. The molecule has 8 aromatic rings. The van der Waals surface area contributed by atoms with Gasteiger partial charge >= 0.3 is 0 Å². The van der Waals surface area contributed by atoms with Gasteiger partial charge < -0.3 is 9.47 Å². The second-order valence-corrected chi connectivity index (χ2v) is 24.7. The molecule has 0 unspecified atom stereocenters. The molecule has 0 N–H and O–H groups in total. The summed E-state index contributed by atoms with van der Waals surface area (Å²) < 4.78 is 13.4. The van der Waals surface area contributed by atoms with Crippen molar-refractivity contribution in [2.75, 3.05) is 13.2 Å². The molecule has 8 rings (SSSR count). The summed E-state index contributed by atoms with van der Waals surface area (Å²) >= 11 is 0. The van der Waals surface area contributed by atoms with Gasteiger partial charge in [-0.2, -0.15) is 10.5 Å². The Morgan fingerprint density at radius 3 is 0.897 bits per heavy atom. The molecule has 0 saturated heterocycles. The molecule has 0 spiro atoms. The fourth-order valence-corrected chi connectivity index (χ4v) is 11.5. The molecule has 0 saturated carbocycles. The van der Waals surface area contributed by atoms with Crippen molar-refractivity contribution in [2.45, 2.75) is 246 Å². The number of ether oxygens (including phenoxy) is 2. The zero-order valence-corrected chi connectivity index (χ0v) is 49.1. The summed E-state index contributed by atoms with van der Waals surface area (Å²) in [5, 5.41) is 25.7. The summed E-state index contributed by atoms with van der Waals surface area (Å²) in [6.45, 7) is 19.1. The number of hydrogen-bond acceptors (Lipinski definition) is 10. The molecule has 0 aliphatic rings. The number of rotatable bonds is 32. The van der Waals surface area contributed by atoms with E-state index in [1.807, 2.05) is 12.1 Å². The lowest BCUT2D eigenvalue weighted by molar-refractivity contribution is 0.259. The number of aromatic nitrogens is 6. The highest BCUT2D eigenvalue weighted by Crippen LogP contribution is 2.47. The summed E-state index contributed by atoms with van der Waals surface area (Å²) in [7, 11) is 0. The fraction of sp³-hybridized carbons (Fsp3) is 0.588. The van der Waals surface area contributed by atoms with Crippen LogP contribution >= 0.6 is 0 Å². The molecule has 10 heteroatoms. The van der Waals surface area contributed by atoms with Crippen LogP contribution in [0.15, 0.2) is 36.4 Å². The maximum Gasteiger partial charge on any atom is 0.199 e. The van der Waals surface area contributed by atoms with Crippen LogP contribution in [0.2, 0.25) is 0 Å². The Hall–Kier alpha value is -6.00. The van der Waals surface area contributed by atoms with Crippen LogP contribution in [0.1, 0.15) is 258 Å². The third-order valence-electron chi connectivity index (χ3n) is 16.3. The van der Waals surface area contributed by atoms with Crippen molar-refractivity contribution in [1.82, 2.24) is 29.9 Å². The average molecular weight is 1050 g/mol. The Balaban J connectivity index is 1.10. The third-order valence-corrected chi connectivity index (χ3v) is 16.3. The summed E-state index contributed by atoms with van der Waals surface area (Å²) in [5.74, 6) is 1.45. The first kappa shape index (κ1) is 58.2. The van der Waals surface area contributed by atoms with Crippen LogP contribution < -0.4 is 9.47 Å². The van der Waals surface area contributed by atoms with Crippen molar-refractivity contribution in [3.63, 3.8) is 0 Å². The average Bonchev–Trinajstić information content (AvgIpc) is 3.39. The van der Waals surface area contributed by atoms with Gasteiger partial charge in [0.2, 0.25) is 0 Å². The van der Waals surface area contributed by atoms with Gasteiger partial charge in [-0.3, -0.25) is 0 Å². The van der Waals surface area contributed by atoms with E-state index in [1.54, 1.807) is 0 Å². The van der Waals surface area contributed by atoms with Crippen molar-refractivity contribution in [2.24, 2.45) is 0 Å². The number of nitriles is 2. The highest BCUT2D eigenvalue weighted by molar-refractivity contribution is 6.39. The van der Waals surface area contributed by atoms with Crippen molar-refractivity contribution < 1.29 is 9.47 Å². The van der Waals surface area contributed by atoms with Crippen molar-refractivity contribution >= 4 is 76.7 Å². The van der Waals surface area contributed by atoms with Crippen molar-refractivity contribution in [3.05, 3.63) is 58.9 Å². The third kappa shape index (κ3) is 14.4. The van der Waals surface area contributed by atoms with Crippen LogP contribution in [-0.2, 0) is 10.8 Å². The second-order valence-electron chi connectivity index (χ2n) is 24.7. The minimum Gasteiger partial charge on any atom is -0.490 e. The Bertz CT molecular complexity index is 3130. The molecule has 5 aromatic carbocycles. The van der Waals surface area contributed by atoms with Crippen LogP contribution in [0.5, 0.6) is 11.5 Å². The molecule has 414 valence electrons. The quantitative estimate of drug-likeness (QED) is 0.0227. The van der Waals surface area contributed by atoms with E-state index in [-0.39, 0.29) is 33.5 Å². The van der Waals surface area contributed by atoms with Crippen molar-refractivity contribution in [3.8, 4) is 23.6 Å². The number of unbranched alkanes of at least 4 members (excludes halogenated alkanes) is 26. The minimum absolute atomic E-state index is 0.0689. The van der Waals surface area contributed by atoms with E-state index in [1.165, 1.54) is 154 Å². The first-order valence-corrected chi connectivity index (χ1v) is 30.7. The van der Waals surface area contributed by atoms with E-state index in [4.69, 9.17) is 29.4 Å². The van der Waals surface area contributed by atoms with Gasteiger partial charge in [-0.1, -0.05) is 222 Å². The second kappa shape index (κ2) is 27.7. The molecule has 78 heavy (non-hydrogen) atoms. The highest BCUT2D eigenvalue weighted by atomic mass is 16.5. The molecule has 0 fully saturated rings. The predicted octanol–water partition coefficient (Wildman–Crippen LogP) is 19.6. The predicted molar refractivity (Wildman–Crippen MR) is 325 cm³/mol. The van der Waals surface area contributed by atoms with E-state index in [9.17, 15) is 10.5 Å². The summed E-state index contributed by atoms with van der Waals surface area (Å²) in [5.41, 5.74) is 6.52. The lowest BCUT2D eigenvalue weighted by Gasteiger charge is -2.25. The maximum absolute atomic E-state index is 9.92. The van der Waals surface area contributed by atoms with Gasteiger partial charge in [-0.05, 0) is 59.1 Å². The summed E-state index contributed by atoms with van der Waals surface area (Å²) in [6, 6.07) is 17.2. The number of hydrogen-bond donors (Lipinski definition) is 0. The van der Waals surface area contributed by atoms with E-state index < -0.39 is 0 Å². The van der Waals surface area contributed by atoms with Gasteiger partial charge in [0.15, 0.2) is 34.2 Å². The lowest BCUT2D eigenvalue weighted by Crippen LogP contribution is -2.12. The smallest absolute Gasteiger partial charge is 0.199 e. The zero-order valence-electron chi connectivity index (χ0n) is 49.1. The van der Waals surface area contributed by atoms with Gasteiger partial charge in [0.1, 0.15) is 12.1 Å². The van der Waals surface area contributed by atoms with Gasteiger partial charge in [0.25, 0.3) is 0 Å². The summed E-state index contributed by atoms with van der Waals surface area (Å²) in [4.78, 5) is 30.6. The fourth-order valence-electron chi connectivity index (χ4n) is 11.5. The Morgan fingerprint density at radius 1 is 0.359 bits per heavy atom. The summed E-state index contributed by atoms with van der Waals surface area (Å²) in [6.07, 6.45) is 36.8. The van der Waals surface area contributed by atoms with Crippen LogP contribution in [0.25, 0.3) is 76.7 Å². The van der Waals surface area contributed by atoms with Crippen LogP contribution in [0.4, 0.5) is 0 Å². The van der Waals surface area contributed by atoms with Gasteiger partial charge in [0, 0.05) is 44.5 Å². The monoisotopic (exact) mass is 1050 g/mol. The Kier molecular flexibility index (Phi) is 20.7. The normalized spacial score (nSPS) is 12.3. The van der Waals surface area contributed by atoms with E-state index in [0.29, 0.717) is 24.2 Å². The Morgan fingerprint density at radius 2 is 0.628 bits per heavy atom. The van der Waals surface area contributed by atoms with Crippen LogP contribution in [0, 0.1) is 22.7 Å². The van der Waals surface area contributed by atoms with Crippen LogP contribution in [-0.4, -0.2) is 43.1 Å². The maximum atomic E-state index is 9.92. The number of benzene rings is 5. The standard InChI is InChI=1S/C68H90N8O2/c1-9-11-13-15-17-19-21-23-25-27-29-31-33-35-37-77-57-43-53-54(44-58(57)78-38-36-34-32-30-28-26-24-22-20-18-16-14-12-10-2)72-62-50-40-48(68(6,7)8)42-52-60(50)59-49(61(62)71-53)39-47(67(3,4)5)41-51(59)63-64(52)76-66-65(75-63)73-55(45-69)56(46-70)74-66/h39-44H,9-38H2,1-8H3. The molecule has 0 radical (unpaired) electrons. The lowest BCUT2D eigenvalue weighted by atomic mass is 9.80. The molecule has 3 heterocycles. The molecule has 0 atom stereocenters. The van der Waals surface area contributed by atoms with Gasteiger partial charge in [-0.25, -0.2) is 29.9 Å². The Labute approximate surface area is 466 Å². The zero-order chi connectivity index (χ0) is 55.1. The molecule has 3 aromatic heterocycles. The molecule has 0 bridgehead atoms. The van der Waals surface area contributed by atoms with E-state index in [0.717, 1.165) is 103 Å². The van der Waals surface area contributed by atoms with E-state index in [2.05, 4.69) is 102 Å². The van der Waals surface area contributed by atoms with Gasteiger partial charge in [-0.15, -0.1) is 0 Å².